The van der Waals surface area contributed by atoms with Crippen molar-refractivity contribution < 1.29 is 4.74 Å². The molecule has 0 aromatic carbocycles. The van der Waals surface area contributed by atoms with Gasteiger partial charge in [-0.15, -0.1) is 0 Å². The molecule has 1 heterocycles. The van der Waals surface area contributed by atoms with E-state index in [0.717, 1.165) is 0 Å². The summed E-state index contributed by atoms with van der Waals surface area (Å²) in [4.78, 5) is 17.6. The van der Waals surface area contributed by atoms with E-state index in [9.17, 15) is 4.79 Å². The number of hydrogen-bond acceptors (Lipinski definition) is 4. The third kappa shape index (κ3) is 3.25. The van der Waals surface area contributed by atoms with Crippen LogP contribution < -0.4 is 10.9 Å². The van der Waals surface area contributed by atoms with Crippen molar-refractivity contribution in [3.63, 3.8) is 0 Å². The number of nitrogens with zero attached hydrogens (tertiary/aromatic N) is 1. The quantitative estimate of drug-likeness (QED) is 0.651. The Balaban J connectivity index is 2.61. The maximum absolute atomic E-state index is 11.0. The zero-order chi connectivity index (χ0) is 9.68. The monoisotopic (exact) mass is 183 g/mol. The molecule has 1 aromatic heterocycles. The number of aryl methyl sites for hydroxylation is 1. The molecule has 0 bridgehead atoms. The van der Waals surface area contributed by atoms with Gasteiger partial charge < -0.3 is 10.1 Å². The van der Waals surface area contributed by atoms with Crippen LogP contribution in [0.3, 0.4) is 0 Å². The lowest BCUT2D eigenvalue weighted by atomic mass is 10.4. The first-order chi connectivity index (χ1) is 6.22. The molecule has 72 valence electrons. The van der Waals surface area contributed by atoms with E-state index in [-0.39, 0.29) is 5.56 Å². The summed E-state index contributed by atoms with van der Waals surface area (Å²) in [5, 5.41) is 2.94. The molecule has 0 aliphatic heterocycles. The molecule has 0 unspecified atom stereocenters. The molecule has 13 heavy (non-hydrogen) atoms. The molecule has 5 heteroatoms. The Morgan fingerprint density at radius 3 is 3.08 bits per heavy atom. The van der Waals surface area contributed by atoms with Crippen LogP contribution in [-0.2, 0) is 4.74 Å². The summed E-state index contributed by atoms with van der Waals surface area (Å²) in [5.74, 6) is 0.488. The van der Waals surface area contributed by atoms with E-state index in [1.54, 1.807) is 14.0 Å². The van der Waals surface area contributed by atoms with Crippen LogP contribution in [-0.4, -0.2) is 30.2 Å². The second kappa shape index (κ2) is 4.61. The van der Waals surface area contributed by atoms with Crippen molar-refractivity contribution in [3.8, 4) is 0 Å². The lowest BCUT2D eigenvalue weighted by molar-refractivity contribution is 0.210. The van der Waals surface area contributed by atoms with Crippen molar-refractivity contribution in [3.05, 3.63) is 22.1 Å². The highest BCUT2D eigenvalue weighted by atomic mass is 16.5. The van der Waals surface area contributed by atoms with Gasteiger partial charge in [0.25, 0.3) is 5.56 Å². The molecular weight excluding hydrogens is 170 g/mol. The summed E-state index contributed by atoms with van der Waals surface area (Å²) < 4.78 is 4.84. The Hall–Kier alpha value is -1.36. The summed E-state index contributed by atoms with van der Waals surface area (Å²) in [6.07, 6.45) is 0. The Kier molecular flexibility index (Phi) is 3.45. The minimum atomic E-state index is -0.146. The van der Waals surface area contributed by atoms with E-state index in [4.69, 9.17) is 4.74 Å². The number of aromatic nitrogens is 2. The molecule has 0 saturated heterocycles. The van der Waals surface area contributed by atoms with Crippen molar-refractivity contribution in [2.75, 3.05) is 25.6 Å². The number of hydrogen-bond donors (Lipinski definition) is 2. The highest BCUT2D eigenvalue weighted by molar-refractivity contribution is 5.24. The largest absolute Gasteiger partial charge is 0.383 e. The van der Waals surface area contributed by atoms with Crippen molar-refractivity contribution in [1.82, 2.24) is 9.97 Å². The summed E-state index contributed by atoms with van der Waals surface area (Å²) in [6, 6.07) is 1.45. The summed E-state index contributed by atoms with van der Waals surface area (Å²) >= 11 is 0. The van der Waals surface area contributed by atoms with E-state index >= 15 is 0 Å². The fourth-order valence-electron chi connectivity index (χ4n) is 0.934. The highest BCUT2D eigenvalue weighted by Gasteiger charge is 1.95. The van der Waals surface area contributed by atoms with Gasteiger partial charge in [0.15, 0.2) is 0 Å². The number of aromatic amines is 1. The van der Waals surface area contributed by atoms with Crippen LogP contribution in [0.4, 0.5) is 5.95 Å². The molecule has 0 aliphatic carbocycles. The van der Waals surface area contributed by atoms with Crippen LogP contribution in [0.2, 0.25) is 0 Å². The van der Waals surface area contributed by atoms with E-state index in [1.807, 2.05) is 0 Å². The fraction of sp³-hybridized carbons (Fsp3) is 0.500. The maximum Gasteiger partial charge on any atom is 0.252 e. The maximum atomic E-state index is 11.0. The highest BCUT2D eigenvalue weighted by Crippen LogP contribution is 1.94. The van der Waals surface area contributed by atoms with Gasteiger partial charge in [-0.05, 0) is 6.92 Å². The third-order valence-corrected chi connectivity index (χ3v) is 1.47. The summed E-state index contributed by atoms with van der Waals surface area (Å²) in [6.45, 7) is 2.98. The van der Waals surface area contributed by atoms with Gasteiger partial charge in [-0.1, -0.05) is 0 Å². The van der Waals surface area contributed by atoms with Crippen LogP contribution in [0.15, 0.2) is 10.9 Å². The topological polar surface area (TPSA) is 67.0 Å². The predicted octanol–water partition coefficient (Wildman–Crippen LogP) is 0.137. The van der Waals surface area contributed by atoms with Gasteiger partial charge in [0.1, 0.15) is 0 Å². The normalized spacial score (nSPS) is 10.0. The Bertz CT molecular complexity index is 321. The first kappa shape index (κ1) is 9.73. The molecule has 5 nitrogen and oxygen atoms in total. The number of ether oxygens (including phenoxy) is 1. The number of methoxy groups -OCH3 is 1. The van der Waals surface area contributed by atoms with Crippen molar-refractivity contribution in [2.45, 2.75) is 6.92 Å². The minimum Gasteiger partial charge on any atom is -0.383 e. The standard InChI is InChI=1S/C8H13N3O2/c1-6-5-7(12)11-8(10-6)9-3-4-13-2/h5H,3-4H2,1-2H3,(H2,9,10,11,12). The first-order valence-corrected chi connectivity index (χ1v) is 4.03. The minimum absolute atomic E-state index is 0.146. The third-order valence-electron chi connectivity index (χ3n) is 1.47. The lowest BCUT2D eigenvalue weighted by Gasteiger charge is -2.03. The Morgan fingerprint density at radius 1 is 1.69 bits per heavy atom. The molecule has 0 atom stereocenters. The van der Waals surface area contributed by atoms with Crippen molar-refractivity contribution in [1.29, 1.82) is 0 Å². The van der Waals surface area contributed by atoms with Gasteiger partial charge in [0, 0.05) is 25.4 Å². The van der Waals surface area contributed by atoms with Gasteiger partial charge in [-0.3, -0.25) is 9.78 Å². The van der Waals surface area contributed by atoms with Gasteiger partial charge in [0.05, 0.1) is 6.61 Å². The molecule has 0 spiro atoms. The van der Waals surface area contributed by atoms with E-state index in [2.05, 4.69) is 15.3 Å². The number of anilines is 1. The van der Waals surface area contributed by atoms with Crippen LogP contribution in [0.5, 0.6) is 0 Å². The van der Waals surface area contributed by atoms with Crippen LogP contribution in [0.1, 0.15) is 5.69 Å². The van der Waals surface area contributed by atoms with Crippen LogP contribution >= 0.6 is 0 Å². The molecule has 1 rings (SSSR count). The van der Waals surface area contributed by atoms with E-state index < -0.39 is 0 Å². The second-order valence-corrected chi connectivity index (χ2v) is 2.65. The summed E-state index contributed by atoms with van der Waals surface area (Å²) in [5.41, 5.74) is 0.552. The predicted molar refractivity (Wildman–Crippen MR) is 50.0 cm³/mol. The second-order valence-electron chi connectivity index (χ2n) is 2.65. The van der Waals surface area contributed by atoms with Gasteiger partial charge in [0.2, 0.25) is 5.95 Å². The number of H-pyrrole nitrogens is 1. The average Bonchev–Trinajstić information content (AvgIpc) is 2.03. The summed E-state index contributed by atoms with van der Waals surface area (Å²) in [7, 11) is 1.62. The zero-order valence-electron chi connectivity index (χ0n) is 7.76. The first-order valence-electron chi connectivity index (χ1n) is 4.03. The van der Waals surface area contributed by atoms with E-state index in [1.165, 1.54) is 6.07 Å². The van der Waals surface area contributed by atoms with Crippen molar-refractivity contribution >= 4 is 5.95 Å². The molecule has 0 amide bonds. The average molecular weight is 183 g/mol. The van der Waals surface area contributed by atoms with E-state index in [0.29, 0.717) is 24.8 Å². The lowest BCUT2D eigenvalue weighted by Crippen LogP contribution is -2.15. The molecule has 1 aromatic rings. The van der Waals surface area contributed by atoms with Gasteiger partial charge in [-0.25, -0.2) is 4.98 Å². The molecule has 0 radical (unpaired) electrons. The molecular formula is C8H13N3O2. The molecule has 0 saturated carbocycles. The zero-order valence-corrected chi connectivity index (χ0v) is 7.76. The smallest absolute Gasteiger partial charge is 0.252 e. The van der Waals surface area contributed by atoms with Crippen LogP contribution in [0.25, 0.3) is 0 Å². The number of nitrogens with one attached hydrogen (secondary N) is 2. The van der Waals surface area contributed by atoms with Gasteiger partial charge >= 0.3 is 0 Å². The molecule has 0 aliphatic rings. The fourth-order valence-corrected chi connectivity index (χ4v) is 0.934. The number of rotatable bonds is 4. The molecule has 0 fully saturated rings. The van der Waals surface area contributed by atoms with Crippen LogP contribution in [0, 0.1) is 6.92 Å². The SMILES string of the molecule is COCCNc1nc(C)cc(=O)[nH]1. The van der Waals surface area contributed by atoms with Gasteiger partial charge in [-0.2, -0.15) is 0 Å². The Labute approximate surface area is 76.2 Å². The Morgan fingerprint density at radius 2 is 2.46 bits per heavy atom. The molecule has 2 N–H and O–H groups in total. The van der Waals surface area contributed by atoms with Crippen molar-refractivity contribution in [2.24, 2.45) is 0 Å².